The first-order chi connectivity index (χ1) is 19.0. The number of amides is 1. The zero-order chi connectivity index (χ0) is 26.9. The maximum atomic E-state index is 11.3. The number of primary amides is 1. The van der Waals surface area contributed by atoms with Crippen molar-refractivity contribution in [2.75, 3.05) is 49.6 Å². The van der Waals surface area contributed by atoms with Crippen molar-refractivity contribution in [2.24, 2.45) is 5.73 Å². The molecule has 2 saturated heterocycles. The van der Waals surface area contributed by atoms with Crippen LogP contribution in [0, 0.1) is 6.92 Å². The minimum Gasteiger partial charge on any atom is -0.462 e. The standard InChI is InChI=1S/C30H38N6O3/c1-20-6-3-7-21-8-4-10-26(27(20)21)36-17-13-24-25(18-36)32-30(38-19-22-9-5-14-34(22)2)33-28(24)35-15-11-23(12-16-35)39-29(31)37/h3-4,6-8,10,22-23H,5,9,11-19H2,1-2H3,(H2,31,37)/t22-/m0/s1. The lowest BCUT2D eigenvalue weighted by atomic mass is 9.99. The van der Waals surface area contributed by atoms with Gasteiger partial charge in [-0.3, -0.25) is 0 Å². The Morgan fingerprint density at radius 2 is 1.82 bits per heavy atom. The molecule has 3 aliphatic rings. The van der Waals surface area contributed by atoms with Gasteiger partial charge in [-0.15, -0.1) is 0 Å². The molecule has 9 nitrogen and oxygen atoms in total. The summed E-state index contributed by atoms with van der Waals surface area (Å²) in [4.78, 5) is 28.3. The molecule has 206 valence electrons. The summed E-state index contributed by atoms with van der Waals surface area (Å²) in [6, 6.07) is 13.9. The van der Waals surface area contributed by atoms with Crippen LogP contribution in [0.5, 0.6) is 6.01 Å². The highest BCUT2D eigenvalue weighted by atomic mass is 16.6. The molecule has 1 aromatic heterocycles. The molecule has 39 heavy (non-hydrogen) atoms. The molecule has 9 heteroatoms. The number of likely N-dealkylation sites (N-methyl/N-ethyl adjacent to an activating group) is 1. The van der Waals surface area contributed by atoms with Gasteiger partial charge < -0.3 is 29.9 Å². The van der Waals surface area contributed by atoms with Crippen molar-refractivity contribution < 1.29 is 14.3 Å². The minimum absolute atomic E-state index is 0.143. The Balaban J connectivity index is 1.30. The molecule has 0 bridgehead atoms. The summed E-state index contributed by atoms with van der Waals surface area (Å²) in [7, 11) is 2.16. The maximum absolute atomic E-state index is 11.3. The monoisotopic (exact) mass is 530 g/mol. The molecule has 2 aromatic carbocycles. The molecular formula is C30H38N6O3. The number of aromatic nitrogens is 2. The van der Waals surface area contributed by atoms with Gasteiger partial charge in [0.15, 0.2) is 0 Å². The molecule has 0 unspecified atom stereocenters. The topological polar surface area (TPSA) is 97.1 Å². The number of piperidine rings is 1. The molecular weight excluding hydrogens is 492 g/mol. The molecule has 2 N–H and O–H groups in total. The summed E-state index contributed by atoms with van der Waals surface area (Å²) < 4.78 is 11.5. The average Bonchev–Trinajstić information content (AvgIpc) is 3.35. The Morgan fingerprint density at radius 1 is 1.03 bits per heavy atom. The number of nitrogens with two attached hydrogens (primary N) is 1. The second-order valence-electron chi connectivity index (χ2n) is 11.1. The van der Waals surface area contributed by atoms with E-state index in [1.807, 2.05) is 0 Å². The lowest BCUT2D eigenvalue weighted by molar-refractivity contribution is 0.0911. The molecule has 0 spiro atoms. The van der Waals surface area contributed by atoms with Gasteiger partial charge in [-0.1, -0.05) is 30.3 Å². The fraction of sp³-hybridized carbons (Fsp3) is 0.500. The van der Waals surface area contributed by atoms with Gasteiger partial charge in [0.1, 0.15) is 18.5 Å². The van der Waals surface area contributed by atoms with Crippen molar-refractivity contribution in [1.82, 2.24) is 14.9 Å². The zero-order valence-electron chi connectivity index (χ0n) is 22.9. The number of anilines is 2. The van der Waals surface area contributed by atoms with E-state index in [0.29, 0.717) is 25.2 Å². The van der Waals surface area contributed by atoms with Crippen LogP contribution in [0.4, 0.5) is 16.3 Å². The number of carbonyl (C=O) groups is 1. The van der Waals surface area contributed by atoms with E-state index in [-0.39, 0.29) is 6.10 Å². The highest BCUT2D eigenvalue weighted by Crippen LogP contribution is 2.36. The number of aryl methyl sites for hydroxylation is 1. The van der Waals surface area contributed by atoms with E-state index >= 15 is 0 Å². The van der Waals surface area contributed by atoms with Gasteiger partial charge in [0.2, 0.25) is 0 Å². The average molecular weight is 531 g/mol. The summed E-state index contributed by atoms with van der Waals surface area (Å²) in [6.07, 6.45) is 3.80. The number of carbonyl (C=O) groups excluding carboxylic acids is 1. The first-order valence-corrected chi connectivity index (χ1v) is 14.1. The second-order valence-corrected chi connectivity index (χ2v) is 11.1. The van der Waals surface area contributed by atoms with Gasteiger partial charge in [0.05, 0.1) is 12.2 Å². The van der Waals surface area contributed by atoms with E-state index in [4.69, 9.17) is 25.2 Å². The lowest BCUT2D eigenvalue weighted by Crippen LogP contribution is -2.41. The Labute approximate surface area is 229 Å². The number of fused-ring (bicyclic) bond motifs is 2. The number of hydrogen-bond acceptors (Lipinski definition) is 8. The molecule has 1 amide bonds. The molecule has 0 aliphatic carbocycles. The lowest BCUT2D eigenvalue weighted by Gasteiger charge is -2.36. The smallest absolute Gasteiger partial charge is 0.404 e. The van der Waals surface area contributed by atoms with Crippen LogP contribution in [0.2, 0.25) is 0 Å². The van der Waals surface area contributed by atoms with Crippen LogP contribution in [0.25, 0.3) is 10.8 Å². The predicted molar refractivity (Wildman–Crippen MR) is 153 cm³/mol. The van der Waals surface area contributed by atoms with E-state index < -0.39 is 6.09 Å². The van der Waals surface area contributed by atoms with Gasteiger partial charge in [-0.25, -0.2) is 4.79 Å². The van der Waals surface area contributed by atoms with Crippen molar-refractivity contribution in [3.63, 3.8) is 0 Å². The Kier molecular flexibility index (Phi) is 7.16. The van der Waals surface area contributed by atoms with Crippen molar-refractivity contribution in [2.45, 2.75) is 57.7 Å². The van der Waals surface area contributed by atoms with E-state index in [0.717, 1.165) is 63.4 Å². The van der Waals surface area contributed by atoms with E-state index in [9.17, 15) is 4.79 Å². The van der Waals surface area contributed by atoms with Gasteiger partial charge >= 0.3 is 12.1 Å². The Morgan fingerprint density at radius 3 is 2.56 bits per heavy atom. The number of nitrogens with zero attached hydrogens (tertiary/aromatic N) is 5. The van der Waals surface area contributed by atoms with E-state index in [1.54, 1.807) is 0 Å². The predicted octanol–water partition coefficient (Wildman–Crippen LogP) is 4.04. The molecule has 3 aromatic rings. The number of likely N-dealkylation sites (tertiary alicyclic amines) is 1. The summed E-state index contributed by atoms with van der Waals surface area (Å²) in [5.74, 6) is 0.959. The van der Waals surface area contributed by atoms with Crippen molar-refractivity contribution in [3.8, 4) is 6.01 Å². The first-order valence-electron chi connectivity index (χ1n) is 14.1. The third kappa shape index (κ3) is 5.32. The number of rotatable bonds is 6. The van der Waals surface area contributed by atoms with Gasteiger partial charge in [-0.05, 0) is 56.8 Å². The molecule has 4 heterocycles. The highest BCUT2D eigenvalue weighted by Gasteiger charge is 2.30. The summed E-state index contributed by atoms with van der Waals surface area (Å²) in [5.41, 5.74) is 10.0. The van der Waals surface area contributed by atoms with Gasteiger partial charge in [0.25, 0.3) is 0 Å². The Hall–Kier alpha value is -3.59. The number of benzene rings is 2. The minimum atomic E-state index is -0.704. The molecule has 2 fully saturated rings. The van der Waals surface area contributed by atoms with Crippen LogP contribution in [0.3, 0.4) is 0 Å². The van der Waals surface area contributed by atoms with Gasteiger partial charge in [0, 0.05) is 55.2 Å². The summed E-state index contributed by atoms with van der Waals surface area (Å²) in [5, 5.41) is 2.56. The molecule has 3 aliphatic heterocycles. The van der Waals surface area contributed by atoms with Crippen LogP contribution < -0.4 is 20.3 Å². The molecule has 0 saturated carbocycles. The van der Waals surface area contributed by atoms with Gasteiger partial charge in [-0.2, -0.15) is 9.97 Å². The van der Waals surface area contributed by atoms with Crippen LogP contribution in [0.1, 0.15) is 42.5 Å². The normalized spacial score (nSPS) is 20.3. The van der Waals surface area contributed by atoms with Crippen LogP contribution in [-0.4, -0.2) is 72.9 Å². The fourth-order valence-corrected chi connectivity index (χ4v) is 6.40. The first kappa shape index (κ1) is 25.7. The van der Waals surface area contributed by atoms with Crippen molar-refractivity contribution >= 4 is 28.4 Å². The fourth-order valence-electron chi connectivity index (χ4n) is 6.40. The summed E-state index contributed by atoms with van der Waals surface area (Å²) in [6.45, 7) is 6.98. The molecule has 6 rings (SSSR count). The van der Waals surface area contributed by atoms with Crippen molar-refractivity contribution in [3.05, 3.63) is 53.2 Å². The molecule has 0 radical (unpaired) electrons. The van der Waals surface area contributed by atoms with E-state index in [2.05, 4.69) is 65.1 Å². The largest absolute Gasteiger partial charge is 0.462 e. The van der Waals surface area contributed by atoms with E-state index in [1.165, 1.54) is 34.0 Å². The highest BCUT2D eigenvalue weighted by molar-refractivity contribution is 5.97. The number of ether oxygens (including phenoxy) is 2. The SMILES string of the molecule is Cc1cccc2cccc(N3CCc4c(nc(OC[C@@H]5CCCN5C)nc4N4CCC(OC(N)=O)CC4)C3)c12. The maximum Gasteiger partial charge on any atom is 0.404 e. The Bertz CT molecular complexity index is 1350. The quantitative estimate of drug-likeness (QED) is 0.510. The second kappa shape index (κ2) is 10.9. The third-order valence-electron chi connectivity index (χ3n) is 8.56. The van der Waals surface area contributed by atoms with Crippen LogP contribution in [-0.2, 0) is 17.7 Å². The number of hydrogen-bond donors (Lipinski definition) is 1. The zero-order valence-corrected chi connectivity index (χ0v) is 22.9. The third-order valence-corrected chi connectivity index (χ3v) is 8.56. The summed E-state index contributed by atoms with van der Waals surface area (Å²) >= 11 is 0. The van der Waals surface area contributed by atoms with Crippen LogP contribution >= 0.6 is 0 Å². The van der Waals surface area contributed by atoms with Crippen LogP contribution in [0.15, 0.2) is 36.4 Å². The molecule has 1 atom stereocenters. The van der Waals surface area contributed by atoms with Crippen molar-refractivity contribution in [1.29, 1.82) is 0 Å².